The molecule has 11 heavy (non-hydrogen) atoms. The molecular weight excluding hydrogens is 185 g/mol. The standard InChI is InChI=1S/C7H5ClFNS/c8-5-3-1-2-4(6(5)9)7(10)11/h1-3H,(H2,10,11). The zero-order valence-corrected chi connectivity index (χ0v) is 7.05. The molecule has 0 heterocycles. The zero-order valence-electron chi connectivity index (χ0n) is 5.47. The van der Waals surface area contributed by atoms with Gasteiger partial charge in [0.2, 0.25) is 0 Å². The minimum atomic E-state index is -0.554. The second-order valence-electron chi connectivity index (χ2n) is 1.97. The van der Waals surface area contributed by atoms with Crippen LogP contribution in [0.5, 0.6) is 0 Å². The lowest BCUT2D eigenvalue weighted by molar-refractivity contribution is 0.626. The van der Waals surface area contributed by atoms with E-state index in [4.69, 9.17) is 17.3 Å². The number of hydrogen-bond acceptors (Lipinski definition) is 1. The first-order valence-electron chi connectivity index (χ1n) is 2.86. The lowest BCUT2D eigenvalue weighted by Crippen LogP contribution is -2.11. The largest absolute Gasteiger partial charge is 0.389 e. The highest BCUT2D eigenvalue weighted by atomic mass is 35.5. The molecule has 2 N–H and O–H groups in total. The van der Waals surface area contributed by atoms with Crippen molar-refractivity contribution in [2.75, 3.05) is 0 Å². The monoisotopic (exact) mass is 189 g/mol. The van der Waals surface area contributed by atoms with E-state index in [-0.39, 0.29) is 15.6 Å². The van der Waals surface area contributed by atoms with Gasteiger partial charge >= 0.3 is 0 Å². The maximum absolute atomic E-state index is 13.0. The molecule has 1 rings (SSSR count). The van der Waals surface area contributed by atoms with Crippen LogP contribution in [0.2, 0.25) is 5.02 Å². The van der Waals surface area contributed by atoms with Gasteiger partial charge in [-0.3, -0.25) is 0 Å². The highest BCUT2D eigenvalue weighted by Crippen LogP contribution is 2.17. The fourth-order valence-corrected chi connectivity index (χ4v) is 1.03. The van der Waals surface area contributed by atoms with E-state index >= 15 is 0 Å². The van der Waals surface area contributed by atoms with Crippen LogP contribution in [0.25, 0.3) is 0 Å². The van der Waals surface area contributed by atoms with Crippen molar-refractivity contribution in [1.29, 1.82) is 0 Å². The summed E-state index contributed by atoms with van der Waals surface area (Å²) in [5, 5.41) is 0.0373. The van der Waals surface area contributed by atoms with Crippen molar-refractivity contribution in [3.8, 4) is 0 Å². The summed E-state index contributed by atoms with van der Waals surface area (Å²) in [6.45, 7) is 0. The molecule has 0 aliphatic heterocycles. The van der Waals surface area contributed by atoms with Crippen LogP contribution in [0.1, 0.15) is 5.56 Å². The van der Waals surface area contributed by atoms with Crippen molar-refractivity contribution >= 4 is 28.8 Å². The summed E-state index contributed by atoms with van der Waals surface area (Å²) in [4.78, 5) is 0.0185. The molecule has 58 valence electrons. The van der Waals surface area contributed by atoms with Crippen LogP contribution in [-0.2, 0) is 0 Å². The molecule has 0 fully saturated rings. The van der Waals surface area contributed by atoms with Crippen molar-refractivity contribution in [2.45, 2.75) is 0 Å². The number of nitrogens with two attached hydrogens (primary N) is 1. The molecule has 1 nitrogen and oxygen atoms in total. The van der Waals surface area contributed by atoms with Crippen LogP contribution in [0.3, 0.4) is 0 Å². The Morgan fingerprint density at radius 1 is 1.55 bits per heavy atom. The Hall–Kier alpha value is -0.670. The van der Waals surface area contributed by atoms with Gasteiger partial charge in [-0.05, 0) is 12.1 Å². The van der Waals surface area contributed by atoms with E-state index < -0.39 is 5.82 Å². The van der Waals surface area contributed by atoms with Gasteiger partial charge in [0.1, 0.15) is 4.99 Å². The van der Waals surface area contributed by atoms with Crippen LogP contribution >= 0.6 is 23.8 Å². The van der Waals surface area contributed by atoms with Crippen LogP contribution in [-0.4, -0.2) is 4.99 Å². The first-order chi connectivity index (χ1) is 5.13. The molecule has 0 spiro atoms. The average molecular weight is 190 g/mol. The van der Waals surface area contributed by atoms with E-state index in [9.17, 15) is 4.39 Å². The van der Waals surface area contributed by atoms with Crippen LogP contribution < -0.4 is 5.73 Å². The van der Waals surface area contributed by atoms with Gasteiger partial charge in [-0.1, -0.05) is 29.9 Å². The molecule has 0 bridgehead atoms. The van der Waals surface area contributed by atoms with Gasteiger partial charge in [0.05, 0.1) is 5.02 Å². The molecular formula is C7H5ClFNS. The van der Waals surface area contributed by atoms with Gasteiger partial charge < -0.3 is 5.73 Å². The number of hydrogen-bond donors (Lipinski definition) is 1. The third-order valence-corrected chi connectivity index (χ3v) is 1.73. The number of thiocarbonyl (C=S) groups is 1. The maximum atomic E-state index is 13.0. The summed E-state index contributed by atoms with van der Waals surface area (Å²) < 4.78 is 13.0. The summed E-state index contributed by atoms with van der Waals surface area (Å²) >= 11 is 10.1. The molecule has 1 aromatic carbocycles. The van der Waals surface area contributed by atoms with Gasteiger partial charge in [-0.15, -0.1) is 0 Å². The minimum Gasteiger partial charge on any atom is -0.389 e. The molecule has 0 saturated carbocycles. The van der Waals surface area contributed by atoms with Gasteiger partial charge in [0.15, 0.2) is 5.82 Å². The van der Waals surface area contributed by atoms with Crippen LogP contribution in [0.15, 0.2) is 18.2 Å². The third-order valence-electron chi connectivity index (χ3n) is 1.22. The highest BCUT2D eigenvalue weighted by molar-refractivity contribution is 7.80. The predicted molar refractivity (Wildman–Crippen MR) is 47.3 cm³/mol. The molecule has 0 aliphatic rings. The summed E-state index contributed by atoms with van der Waals surface area (Å²) in [7, 11) is 0. The van der Waals surface area contributed by atoms with E-state index in [0.717, 1.165) is 0 Å². The molecule has 0 atom stereocenters. The molecule has 0 aromatic heterocycles. The molecule has 0 unspecified atom stereocenters. The smallest absolute Gasteiger partial charge is 0.151 e. The van der Waals surface area contributed by atoms with Crippen LogP contribution in [0, 0.1) is 5.82 Å². The topological polar surface area (TPSA) is 26.0 Å². The van der Waals surface area contributed by atoms with E-state index in [0.29, 0.717) is 0 Å². The van der Waals surface area contributed by atoms with Gasteiger partial charge in [-0.25, -0.2) is 4.39 Å². The van der Waals surface area contributed by atoms with Crippen molar-refractivity contribution in [3.63, 3.8) is 0 Å². The van der Waals surface area contributed by atoms with E-state index in [2.05, 4.69) is 12.2 Å². The second-order valence-corrected chi connectivity index (χ2v) is 2.81. The average Bonchev–Trinajstić information content (AvgIpc) is 1.94. The van der Waals surface area contributed by atoms with Gasteiger partial charge in [-0.2, -0.15) is 0 Å². The fraction of sp³-hybridized carbons (Fsp3) is 0. The van der Waals surface area contributed by atoms with Crippen molar-refractivity contribution in [3.05, 3.63) is 34.6 Å². The highest BCUT2D eigenvalue weighted by Gasteiger charge is 2.06. The summed E-state index contributed by atoms with van der Waals surface area (Å²) in [5.74, 6) is -0.554. The van der Waals surface area contributed by atoms with Crippen molar-refractivity contribution in [1.82, 2.24) is 0 Å². The molecule has 0 saturated heterocycles. The Bertz CT molecular complexity index is 300. The fourth-order valence-electron chi connectivity index (χ4n) is 0.694. The molecule has 4 heteroatoms. The summed E-state index contributed by atoms with van der Waals surface area (Å²) in [5.41, 5.74) is 5.40. The predicted octanol–water partition coefficient (Wildman–Crippen LogP) is 2.11. The Kier molecular flexibility index (Phi) is 2.42. The van der Waals surface area contributed by atoms with E-state index in [1.54, 1.807) is 6.07 Å². The van der Waals surface area contributed by atoms with Crippen molar-refractivity contribution < 1.29 is 4.39 Å². The molecule has 0 radical (unpaired) electrons. The first kappa shape index (κ1) is 8.43. The Balaban J connectivity index is 3.27. The lowest BCUT2D eigenvalue weighted by Gasteiger charge is -2.00. The second kappa shape index (κ2) is 3.15. The zero-order chi connectivity index (χ0) is 8.43. The summed E-state index contributed by atoms with van der Waals surface area (Å²) in [6.07, 6.45) is 0. The van der Waals surface area contributed by atoms with E-state index in [1.165, 1.54) is 12.1 Å². The van der Waals surface area contributed by atoms with Crippen molar-refractivity contribution in [2.24, 2.45) is 5.73 Å². The third kappa shape index (κ3) is 1.67. The number of benzene rings is 1. The molecule has 0 aliphatic carbocycles. The summed E-state index contributed by atoms with van der Waals surface area (Å²) in [6, 6.07) is 4.53. The minimum absolute atomic E-state index is 0.0185. The first-order valence-corrected chi connectivity index (χ1v) is 3.65. The van der Waals surface area contributed by atoms with Gasteiger partial charge in [0, 0.05) is 5.56 Å². The number of halogens is 2. The Morgan fingerprint density at radius 2 is 2.18 bits per heavy atom. The quantitative estimate of drug-likeness (QED) is 0.685. The van der Waals surface area contributed by atoms with Gasteiger partial charge in [0.25, 0.3) is 0 Å². The maximum Gasteiger partial charge on any atom is 0.151 e. The SMILES string of the molecule is NC(=S)c1cccc(Cl)c1F. The number of rotatable bonds is 1. The lowest BCUT2D eigenvalue weighted by atomic mass is 10.2. The normalized spacial score (nSPS) is 9.64. The Morgan fingerprint density at radius 3 is 2.64 bits per heavy atom. The Labute approximate surface area is 74.0 Å². The van der Waals surface area contributed by atoms with Crippen LogP contribution in [0.4, 0.5) is 4.39 Å². The molecule has 0 amide bonds. The molecule has 1 aromatic rings. The van der Waals surface area contributed by atoms with E-state index in [1.807, 2.05) is 0 Å².